The van der Waals surface area contributed by atoms with Crippen LogP contribution < -0.4 is 5.73 Å². The van der Waals surface area contributed by atoms with Crippen LogP contribution in [0, 0.1) is 6.92 Å². The summed E-state index contributed by atoms with van der Waals surface area (Å²) < 4.78 is 4.92. The summed E-state index contributed by atoms with van der Waals surface area (Å²) in [5, 5.41) is 0. The van der Waals surface area contributed by atoms with E-state index < -0.39 is 12.1 Å². The number of rotatable bonds is 1. The molecule has 0 aliphatic rings. The number of primary amides is 1. The fraction of sp³-hybridized carbons (Fsp3) is 0.125. The molecule has 1 heterocycles. The summed E-state index contributed by atoms with van der Waals surface area (Å²) in [6.07, 6.45) is 0.310. The van der Waals surface area contributed by atoms with Gasteiger partial charge in [0, 0.05) is 10.7 Å². The van der Waals surface area contributed by atoms with E-state index in [0.29, 0.717) is 0 Å². The molecule has 0 radical (unpaired) electrons. The Morgan fingerprint density at radius 3 is 2.71 bits per heavy atom. The van der Waals surface area contributed by atoms with E-state index in [1.54, 1.807) is 6.92 Å². The molecule has 0 fully saturated rings. The average molecular weight is 259 g/mol. The van der Waals surface area contributed by atoms with Gasteiger partial charge in [0.15, 0.2) is 0 Å². The monoisotopic (exact) mass is 258 g/mol. The van der Waals surface area contributed by atoms with Crippen LogP contribution in [0.3, 0.4) is 0 Å². The quantitative estimate of drug-likeness (QED) is 0.610. The van der Waals surface area contributed by atoms with Gasteiger partial charge in [-0.25, -0.2) is 14.6 Å². The maximum absolute atomic E-state index is 11.1. The second kappa shape index (κ2) is 4.19. The number of pyridine rings is 1. The molecule has 14 heavy (non-hydrogen) atoms. The van der Waals surface area contributed by atoms with Gasteiger partial charge in [-0.1, -0.05) is 0 Å². The van der Waals surface area contributed by atoms with E-state index >= 15 is 0 Å². The maximum Gasteiger partial charge on any atom is 0.412 e. The predicted molar refractivity (Wildman–Crippen MR) is 51.7 cm³/mol. The fourth-order valence-corrected chi connectivity index (χ4v) is 1.01. The highest BCUT2D eigenvalue weighted by Gasteiger charge is 2.12. The first-order valence-electron chi connectivity index (χ1n) is 3.64. The molecular weight excluding hydrogens is 252 g/mol. The van der Waals surface area contributed by atoms with Gasteiger partial charge in [-0.3, -0.25) is 0 Å². The van der Waals surface area contributed by atoms with Crippen molar-refractivity contribution in [1.29, 1.82) is 0 Å². The molecule has 0 saturated heterocycles. The van der Waals surface area contributed by atoms with Gasteiger partial charge in [0.05, 0.1) is 0 Å². The lowest BCUT2D eigenvalue weighted by Crippen LogP contribution is -2.19. The minimum Gasteiger partial charge on any atom is -0.372 e. The molecule has 0 atom stereocenters. The van der Waals surface area contributed by atoms with Crippen LogP contribution >= 0.6 is 15.9 Å². The zero-order valence-corrected chi connectivity index (χ0v) is 8.87. The summed E-state index contributed by atoms with van der Waals surface area (Å²) >= 11 is 3.22. The molecule has 74 valence electrons. The smallest absolute Gasteiger partial charge is 0.372 e. The van der Waals surface area contributed by atoms with Gasteiger partial charge < -0.3 is 10.5 Å². The molecular formula is C8H7BrN2O3. The first-order valence-corrected chi connectivity index (χ1v) is 4.43. The number of esters is 1. The second-order valence-electron chi connectivity index (χ2n) is 2.53. The average Bonchev–Trinajstić information content (AvgIpc) is 2.08. The van der Waals surface area contributed by atoms with Crippen LogP contribution in [0.25, 0.3) is 0 Å². The van der Waals surface area contributed by atoms with E-state index in [2.05, 4.69) is 31.4 Å². The highest BCUT2D eigenvalue weighted by atomic mass is 79.9. The van der Waals surface area contributed by atoms with E-state index in [1.807, 2.05) is 0 Å². The molecule has 6 heteroatoms. The van der Waals surface area contributed by atoms with Crippen molar-refractivity contribution in [3.63, 3.8) is 0 Å². The molecule has 0 bridgehead atoms. The van der Waals surface area contributed by atoms with E-state index in [1.165, 1.54) is 12.3 Å². The molecule has 0 spiro atoms. The molecule has 5 nitrogen and oxygen atoms in total. The van der Waals surface area contributed by atoms with Crippen LogP contribution in [0.15, 0.2) is 16.7 Å². The summed E-state index contributed by atoms with van der Waals surface area (Å²) in [6, 6.07) is 1.50. The Morgan fingerprint density at radius 2 is 2.21 bits per heavy atom. The second-order valence-corrected chi connectivity index (χ2v) is 3.38. The third-order valence-corrected chi connectivity index (χ3v) is 2.28. The molecule has 0 aromatic carbocycles. The SMILES string of the molecule is Cc1cc(C(=O)OC(N)=O)ncc1Br. The van der Waals surface area contributed by atoms with E-state index in [-0.39, 0.29) is 5.69 Å². The third-order valence-electron chi connectivity index (χ3n) is 1.45. The normalized spacial score (nSPS) is 9.57. The van der Waals surface area contributed by atoms with Crippen LogP contribution in [0.5, 0.6) is 0 Å². The Morgan fingerprint density at radius 1 is 1.57 bits per heavy atom. The van der Waals surface area contributed by atoms with Crippen LogP contribution in [0.2, 0.25) is 0 Å². The van der Waals surface area contributed by atoms with Gasteiger partial charge in [-0.2, -0.15) is 0 Å². The molecule has 0 saturated carbocycles. The lowest BCUT2D eigenvalue weighted by molar-refractivity contribution is 0.0632. The summed E-state index contributed by atoms with van der Waals surface area (Å²) in [7, 11) is 0. The van der Waals surface area contributed by atoms with Gasteiger partial charge in [0.1, 0.15) is 5.69 Å². The highest BCUT2D eigenvalue weighted by Crippen LogP contribution is 2.15. The standard InChI is InChI=1S/C8H7BrN2O3/c1-4-2-6(11-3-5(4)9)7(12)14-8(10)13/h2-3H,1H3,(H2,10,13). The zero-order valence-electron chi connectivity index (χ0n) is 7.28. The third kappa shape index (κ3) is 2.53. The first kappa shape index (κ1) is 10.6. The Bertz CT molecular complexity index is 392. The number of aryl methyl sites for hydroxylation is 1. The van der Waals surface area contributed by atoms with Crippen molar-refractivity contribution in [1.82, 2.24) is 4.98 Å². The van der Waals surface area contributed by atoms with Gasteiger partial charge in [-0.05, 0) is 34.5 Å². The number of ether oxygens (including phenoxy) is 1. The minimum atomic E-state index is -1.14. The van der Waals surface area contributed by atoms with E-state index in [0.717, 1.165) is 10.0 Å². The van der Waals surface area contributed by atoms with Crippen molar-refractivity contribution < 1.29 is 14.3 Å². The number of nitrogens with two attached hydrogens (primary N) is 1. The summed E-state index contributed by atoms with van der Waals surface area (Å²) in [5.74, 6) is -0.854. The molecule has 1 aromatic heterocycles. The number of carbonyl (C=O) groups is 2. The van der Waals surface area contributed by atoms with E-state index in [4.69, 9.17) is 0 Å². The fourth-order valence-electron chi connectivity index (χ4n) is 0.795. The van der Waals surface area contributed by atoms with Crippen molar-refractivity contribution in [2.24, 2.45) is 5.73 Å². The molecule has 0 aliphatic carbocycles. The number of halogens is 1. The Labute approximate surface area is 88.4 Å². The summed E-state index contributed by atoms with van der Waals surface area (Å²) in [6.45, 7) is 1.78. The predicted octanol–water partition coefficient (Wildman–Crippen LogP) is 1.39. The van der Waals surface area contributed by atoms with Crippen molar-refractivity contribution in [3.8, 4) is 0 Å². The summed E-state index contributed by atoms with van der Waals surface area (Å²) in [4.78, 5) is 25.2. The number of amides is 1. The number of hydrogen-bond donors (Lipinski definition) is 1. The zero-order chi connectivity index (χ0) is 10.7. The lowest BCUT2D eigenvalue weighted by Gasteiger charge is -2.01. The van der Waals surface area contributed by atoms with Crippen molar-refractivity contribution in [2.45, 2.75) is 6.92 Å². The first-order chi connectivity index (χ1) is 6.50. The van der Waals surface area contributed by atoms with E-state index in [9.17, 15) is 9.59 Å². The van der Waals surface area contributed by atoms with Crippen molar-refractivity contribution in [3.05, 3.63) is 28.0 Å². The van der Waals surface area contributed by atoms with Crippen LogP contribution in [-0.2, 0) is 4.74 Å². The van der Waals surface area contributed by atoms with Crippen LogP contribution in [-0.4, -0.2) is 17.0 Å². The lowest BCUT2D eigenvalue weighted by atomic mass is 10.2. The van der Waals surface area contributed by atoms with Gasteiger partial charge in [0.25, 0.3) is 0 Å². The topological polar surface area (TPSA) is 82.3 Å². The molecule has 1 rings (SSSR count). The Kier molecular flexibility index (Phi) is 3.19. The number of hydrogen-bond acceptors (Lipinski definition) is 4. The number of carbonyl (C=O) groups excluding carboxylic acids is 2. The maximum atomic E-state index is 11.1. The number of aromatic nitrogens is 1. The van der Waals surface area contributed by atoms with Crippen molar-refractivity contribution in [2.75, 3.05) is 0 Å². The molecule has 1 amide bonds. The van der Waals surface area contributed by atoms with Gasteiger partial charge in [-0.15, -0.1) is 0 Å². The largest absolute Gasteiger partial charge is 0.412 e. The summed E-state index contributed by atoms with van der Waals surface area (Å²) in [5.41, 5.74) is 5.54. The van der Waals surface area contributed by atoms with Gasteiger partial charge >= 0.3 is 12.1 Å². The molecule has 1 aromatic rings. The molecule has 2 N–H and O–H groups in total. The van der Waals surface area contributed by atoms with Crippen LogP contribution in [0.1, 0.15) is 16.1 Å². The van der Waals surface area contributed by atoms with Crippen molar-refractivity contribution >= 4 is 28.0 Å². The minimum absolute atomic E-state index is 0.0458. The van der Waals surface area contributed by atoms with Gasteiger partial charge in [0.2, 0.25) is 0 Å². The molecule has 0 aliphatic heterocycles. The Balaban J connectivity index is 2.91. The highest BCUT2D eigenvalue weighted by molar-refractivity contribution is 9.10. The number of nitrogens with zero attached hydrogens (tertiary/aromatic N) is 1. The molecule has 0 unspecified atom stereocenters. The van der Waals surface area contributed by atoms with Crippen LogP contribution in [0.4, 0.5) is 4.79 Å². The Hall–Kier alpha value is -1.43.